The van der Waals surface area contributed by atoms with Crippen LogP contribution in [0, 0.1) is 11.5 Å². The Morgan fingerprint density at radius 2 is 1.21 bits per heavy atom. The minimum atomic E-state index is -1.23. The van der Waals surface area contributed by atoms with E-state index in [0.717, 1.165) is 13.2 Å². The molecular formula is C34H59BrOS2Si. The van der Waals surface area contributed by atoms with Crippen LogP contribution < -0.4 is 0 Å². The molecule has 1 aliphatic heterocycles. The fourth-order valence-corrected chi connectivity index (χ4v) is 7.01. The number of hydrogen-bond acceptors (Lipinski definition) is 3. The van der Waals surface area contributed by atoms with Crippen molar-refractivity contribution in [3.05, 3.63) is 42.7 Å². The highest BCUT2D eigenvalue weighted by Crippen LogP contribution is 2.24. The molecule has 1 aliphatic rings. The predicted octanol–water partition coefficient (Wildman–Crippen LogP) is 12.7. The Morgan fingerprint density at radius 1 is 0.718 bits per heavy atom. The number of hydrogen-bond donors (Lipinski definition) is 0. The van der Waals surface area contributed by atoms with Gasteiger partial charge in [0.15, 0.2) is 0 Å². The fraction of sp³-hybridized carbons (Fsp3) is 0.706. The molecule has 1 nitrogen and oxygen atoms in total. The molecule has 0 aromatic carbocycles. The molecule has 0 bridgehead atoms. The first-order valence-corrected chi connectivity index (χ1v) is 21.2. The van der Waals surface area contributed by atoms with E-state index in [1.54, 1.807) is 0 Å². The number of rotatable bonds is 14. The topological polar surface area (TPSA) is 9.23 Å². The zero-order valence-corrected chi connectivity index (χ0v) is 29.4. The SMILES string of the molecule is C.C1CCOC1.CCCCCCCCc1ccc(Br)s1.CCCCCCCCc1ccc(C#C[Si](C)(C)C)s1. The van der Waals surface area contributed by atoms with Gasteiger partial charge in [-0.25, -0.2) is 0 Å². The zero-order valence-electron chi connectivity index (χ0n) is 25.1. The Bertz CT molecular complexity index is 860. The Labute approximate surface area is 261 Å². The molecular weight excluding hydrogens is 596 g/mol. The zero-order chi connectivity index (χ0) is 27.9. The van der Waals surface area contributed by atoms with Crippen LogP contribution in [-0.4, -0.2) is 21.3 Å². The molecule has 0 spiro atoms. The Balaban J connectivity index is 0.000000630. The molecule has 39 heavy (non-hydrogen) atoms. The van der Waals surface area contributed by atoms with Crippen molar-refractivity contribution >= 4 is 46.7 Å². The Hall–Kier alpha value is -0.383. The summed E-state index contributed by atoms with van der Waals surface area (Å²) in [4.78, 5) is 4.28. The number of aryl methyl sites for hydroxylation is 2. The van der Waals surface area contributed by atoms with E-state index in [4.69, 9.17) is 4.74 Å². The number of ether oxygens (including phenoxy) is 1. The third-order valence-electron chi connectivity index (χ3n) is 6.23. The van der Waals surface area contributed by atoms with Gasteiger partial charge in [-0.05, 0) is 78.7 Å². The molecule has 0 saturated carbocycles. The average Bonchev–Trinajstić information content (AvgIpc) is 3.67. The standard InChI is InChI=1S/C17H28SSi.C12H19BrS.C4H8O.CH4/c1-5-6-7-8-9-10-11-16-12-13-17(18-16)14-15-19(2,3)4;1-2-3-4-5-6-7-8-11-9-10-12(13)14-11;1-2-4-5-3-1;/h12-13H,5-11H2,1-4H3;9-10H,2-8H2,1H3;1-4H2;1H4. The third kappa shape index (κ3) is 24.0. The summed E-state index contributed by atoms with van der Waals surface area (Å²) < 4.78 is 6.21. The molecule has 0 amide bonds. The summed E-state index contributed by atoms with van der Waals surface area (Å²) in [6.07, 6.45) is 21.7. The van der Waals surface area contributed by atoms with E-state index < -0.39 is 8.07 Å². The number of thiophene rings is 2. The lowest BCUT2D eigenvalue weighted by atomic mass is 10.1. The molecule has 0 aliphatic carbocycles. The van der Waals surface area contributed by atoms with Crippen LogP contribution in [0.1, 0.15) is 126 Å². The summed E-state index contributed by atoms with van der Waals surface area (Å²) in [5, 5.41) is 0. The van der Waals surface area contributed by atoms with Crippen LogP contribution in [0.25, 0.3) is 0 Å². The quantitative estimate of drug-likeness (QED) is 0.112. The van der Waals surface area contributed by atoms with Gasteiger partial charge in [-0.3, -0.25) is 0 Å². The van der Waals surface area contributed by atoms with Gasteiger partial charge in [-0.1, -0.05) is 111 Å². The lowest BCUT2D eigenvalue weighted by molar-refractivity contribution is 0.198. The molecule has 2 aromatic heterocycles. The Kier molecular flexibility index (Phi) is 25.1. The maximum absolute atomic E-state index is 4.94. The molecule has 0 unspecified atom stereocenters. The van der Waals surface area contributed by atoms with Crippen molar-refractivity contribution in [3.63, 3.8) is 0 Å². The first kappa shape index (κ1) is 38.6. The smallest absolute Gasteiger partial charge is 0.129 e. The highest BCUT2D eigenvalue weighted by Gasteiger charge is 2.08. The van der Waals surface area contributed by atoms with Crippen molar-refractivity contribution in [2.24, 2.45) is 0 Å². The van der Waals surface area contributed by atoms with E-state index in [-0.39, 0.29) is 7.43 Å². The van der Waals surface area contributed by atoms with Gasteiger partial charge in [0.25, 0.3) is 0 Å². The van der Waals surface area contributed by atoms with Gasteiger partial charge >= 0.3 is 0 Å². The number of halogens is 1. The second-order valence-corrected chi connectivity index (χ2v) is 19.8. The highest BCUT2D eigenvalue weighted by atomic mass is 79.9. The molecule has 224 valence electrons. The summed E-state index contributed by atoms with van der Waals surface area (Å²) in [6.45, 7) is 13.4. The van der Waals surface area contributed by atoms with Gasteiger partial charge in [-0.15, -0.1) is 28.2 Å². The van der Waals surface area contributed by atoms with Gasteiger partial charge in [-0.2, -0.15) is 0 Å². The molecule has 2 aromatic rings. The monoisotopic (exact) mass is 654 g/mol. The van der Waals surface area contributed by atoms with Crippen molar-refractivity contribution in [1.29, 1.82) is 0 Å². The molecule has 1 saturated heterocycles. The Morgan fingerprint density at radius 3 is 1.64 bits per heavy atom. The molecule has 3 heterocycles. The molecule has 1 fully saturated rings. The van der Waals surface area contributed by atoms with E-state index in [0.29, 0.717) is 0 Å². The maximum atomic E-state index is 4.94. The minimum absolute atomic E-state index is 0. The van der Waals surface area contributed by atoms with Gasteiger partial charge in [0.2, 0.25) is 0 Å². The van der Waals surface area contributed by atoms with E-state index in [1.165, 1.54) is 121 Å². The van der Waals surface area contributed by atoms with Crippen molar-refractivity contribution in [2.45, 2.75) is 144 Å². The van der Waals surface area contributed by atoms with Gasteiger partial charge < -0.3 is 4.74 Å². The maximum Gasteiger partial charge on any atom is 0.129 e. The first-order valence-electron chi connectivity index (χ1n) is 15.3. The summed E-state index contributed by atoms with van der Waals surface area (Å²) >= 11 is 7.26. The van der Waals surface area contributed by atoms with Crippen LogP contribution in [-0.2, 0) is 17.6 Å². The third-order valence-corrected chi connectivity index (χ3v) is 9.85. The van der Waals surface area contributed by atoms with Crippen LogP contribution in [0.15, 0.2) is 28.1 Å². The predicted molar refractivity (Wildman–Crippen MR) is 188 cm³/mol. The van der Waals surface area contributed by atoms with Gasteiger partial charge in [0.1, 0.15) is 8.07 Å². The fourth-order valence-electron chi connectivity index (χ4n) is 3.98. The normalized spacial score (nSPS) is 12.4. The summed E-state index contributed by atoms with van der Waals surface area (Å²) in [6, 6.07) is 8.85. The lowest BCUT2D eigenvalue weighted by Gasteiger charge is -2.02. The van der Waals surface area contributed by atoms with Gasteiger partial charge in [0.05, 0.1) is 8.66 Å². The molecule has 3 rings (SSSR count). The van der Waals surface area contributed by atoms with Crippen molar-refractivity contribution < 1.29 is 4.74 Å². The van der Waals surface area contributed by atoms with Crippen molar-refractivity contribution in [2.75, 3.05) is 13.2 Å². The number of unbranched alkanes of at least 4 members (excludes halogenated alkanes) is 10. The molecule has 0 radical (unpaired) electrons. The van der Waals surface area contributed by atoms with Crippen molar-refractivity contribution in [1.82, 2.24) is 0 Å². The summed E-state index contributed by atoms with van der Waals surface area (Å²) in [5.74, 6) is 3.35. The van der Waals surface area contributed by atoms with Crippen LogP contribution in [0.2, 0.25) is 19.6 Å². The first-order chi connectivity index (χ1) is 18.3. The highest BCUT2D eigenvalue weighted by molar-refractivity contribution is 9.11. The largest absolute Gasteiger partial charge is 0.381 e. The lowest BCUT2D eigenvalue weighted by Crippen LogP contribution is -2.16. The van der Waals surface area contributed by atoms with E-state index in [1.807, 2.05) is 22.7 Å². The van der Waals surface area contributed by atoms with E-state index in [9.17, 15) is 0 Å². The van der Waals surface area contributed by atoms with Crippen molar-refractivity contribution in [3.8, 4) is 11.5 Å². The van der Waals surface area contributed by atoms with Crippen LogP contribution in [0.5, 0.6) is 0 Å². The second kappa shape index (κ2) is 25.3. The van der Waals surface area contributed by atoms with Crippen LogP contribution in [0.3, 0.4) is 0 Å². The average molecular weight is 656 g/mol. The summed E-state index contributed by atoms with van der Waals surface area (Å²) in [5.41, 5.74) is 3.44. The van der Waals surface area contributed by atoms with E-state index >= 15 is 0 Å². The van der Waals surface area contributed by atoms with Crippen LogP contribution >= 0.6 is 38.6 Å². The molecule has 0 N–H and O–H groups in total. The minimum Gasteiger partial charge on any atom is -0.381 e. The van der Waals surface area contributed by atoms with E-state index in [2.05, 4.69) is 85.1 Å². The molecule has 5 heteroatoms. The van der Waals surface area contributed by atoms with Gasteiger partial charge in [0, 0.05) is 23.0 Å². The second-order valence-electron chi connectivity index (χ2n) is 11.3. The molecule has 0 atom stereocenters. The van der Waals surface area contributed by atoms with Crippen LogP contribution in [0.4, 0.5) is 0 Å². The summed E-state index contributed by atoms with van der Waals surface area (Å²) in [7, 11) is -1.23.